The van der Waals surface area contributed by atoms with Crippen LogP contribution in [0.15, 0.2) is 18.2 Å². The summed E-state index contributed by atoms with van der Waals surface area (Å²) in [5.74, 6) is 0.979. The Morgan fingerprint density at radius 2 is 2.18 bits per heavy atom. The molecule has 4 heteroatoms. The summed E-state index contributed by atoms with van der Waals surface area (Å²) in [5, 5.41) is 3.36. The summed E-state index contributed by atoms with van der Waals surface area (Å²) in [5.41, 5.74) is 1.06. The van der Waals surface area contributed by atoms with Crippen LogP contribution < -0.4 is 5.32 Å². The van der Waals surface area contributed by atoms with Crippen molar-refractivity contribution in [1.82, 2.24) is 9.88 Å². The number of hydrogen-bond donors (Lipinski definition) is 1. The number of nitrogens with one attached hydrogen (secondary N) is 1. The molecule has 2 rings (SSSR count). The highest BCUT2D eigenvalue weighted by molar-refractivity contribution is 5.34. The SMILES string of the molecule is Cc1cccc(NCCCN2CCOCC2)n1. The molecule has 1 fully saturated rings. The molecule has 1 aliphatic rings. The van der Waals surface area contributed by atoms with Gasteiger partial charge in [-0.25, -0.2) is 4.98 Å². The zero-order chi connectivity index (χ0) is 11.9. The molecule has 0 unspecified atom stereocenters. The molecule has 1 saturated heterocycles. The van der Waals surface area contributed by atoms with Gasteiger partial charge in [-0.1, -0.05) is 6.07 Å². The summed E-state index contributed by atoms with van der Waals surface area (Å²) in [6.07, 6.45) is 1.15. The van der Waals surface area contributed by atoms with E-state index in [0.717, 1.165) is 57.3 Å². The fourth-order valence-electron chi connectivity index (χ4n) is 1.99. The van der Waals surface area contributed by atoms with Crippen molar-refractivity contribution < 1.29 is 4.74 Å². The quantitative estimate of drug-likeness (QED) is 0.785. The van der Waals surface area contributed by atoms with E-state index in [4.69, 9.17) is 4.74 Å². The summed E-state index contributed by atoms with van der Waals surface area (Å²) < 4.78 is 5.32. The third kappa shape index (κ3) is 4.32. The van der Waals surface area contributed by atoms with Crippen molar-refractivity contribution in [1.29, 1.82) is 0 Å². The number of nitrogens with zero attached hydrogens (tertiary/aromatic N) is 2. The molecule has 0 spiro atoms. The van der Waals surface area contributed by atoms with Gasteiger partial charge >= 0.3 is 0 Å². The molecule has 0 radical (unpaired) electrons. The lowest BCUT2D eigenvalue weighted by Crippen LogP contribution is -2.37. The summed E-state index contributed by atoms with van der Waals surface area (Å²) in [6.45, 7) is 8.04. The maximum absolute atomic E-state index is 5.32. The van der Waals surface area contributed by atoms with Crippen LogP contribution >= 0.6 is 0 Å². The average Bonchev–Trinajstić information content (AvgIpc) is 2.36. The van der Waals surface area contributed by atoms with E-state index < -0.39 is 0 Å². The third-order valence-corrected chi connectivity index (χ3v) is 2.95. The summed E-state index contributed by atoms with van der Waals surface area (Å²) >= 11 is 0. The van der Waals surface area contributed by atoms with Crippen LogP contribution in [-0.4, -0.2) is 49.3 Å². The maximum atomic E-state index is 5.32. The van der Waals surface area contributed by atoms with Gasteiger partial charge in [0.2, 0.25) is 0 Å². The number of anilines is 1. The molecule has 0 bridgehead atoms. The first-order valence-corrected chi connectivity index (χ1v) is 6.32. The Balaban J connectivity index is 1.62. The molecule has 2 heterocycles. The Labute approximate surface area is 103 Å². The van der Waals surface area contributed by atoms with E-state index in [2.05, 4.69) is 15.2 Å². The first kappa shape index (κ1) is 12.3. The molecule has 0 saturated carbocycles. The second-order valence-corrected chi connectivity index (χ2v) is 4.40. The number of rotatable bonds is 5. The standard InChI is InChI=1S/C13H21N3O/c1-12-4-2-5-13(15-12)14-6-3-7-16-8-10-17-11-9-16/h2,4-5H,3,6-11H2,1H3,(H,14,15). The fraction of sp³-hybridized carbons (Fsp3) is 0.615. The largest absolute Gasteiger partial charge is 0.379 e. The third-order valence-electron chi connectivity index (χ3n) is 2.95. The number of pyridine rings is 1. The Morgan fingerprint density at radius 1 is 1.35 bits per heavy atom. The van der Waals surface area contributed by atoms with Gasteiger partial charge in [0.15, 0.2) is 0 Å². The molecule has 0 aromatic carbocycles. The van der Waals surface area contributed by atoms with Gasteiger partial charge in [0.1, 0.15) is 5.82 Å². The van der Waals surface area contributed by atoms with Crippen LogP contribution in [0, 0.1) is 6.92 Å². The minimum atomic E-state index is 0.882. The molecular weight excluding hydrogens is 214 g/mol. The molecule has 17 heavy (non-hydrogen) atoms. The van der Waals surface area contributed by atoms with Crippen LogP contribution in [0.5, 0.6) is 0 Å². The second kappa shape index (κ2) is 6.57. The second-order valence-electron chi connectivity index (χ2n) is 4.40. The number of aryl methyl sites for hydroxylation is 1. The van der Waals surface area contributed by atoms with E-state index in [1.165, 1.54) is 0 Å². The molecule has 1 N–H and O–H groups in total. The van der Waals surface area contributed by atoms with E-state index in [9.17, 15) is 0 Å². The lowest BCUT2D eigenvalue weighted by Gasteiger charge is -2.26. The van der Waals surface area contributed by atoms with Crippen LogP contribution in [0.3, 0.4) is 0 Å². The highest BCUT2D eigenvalue weighted by atomic mass is 16.5. The zero-order valence-corrected chi connectivity index (χ0v) is 10.5. The van der Waals surface area contributed by atoms with Crippen molar-refractivity contribution in [3.63, 3.8) is 0 Å². The Hall–Kier alpha value is -1.13. The number of hydrogen-bond acceptors (Lipinski definition) is 4. The van der Waals surface area contributed by atoms with Gasteiger partial charge in [-0.05, 0) is 32.0 Å². The maximum Gasteiger partial charge on any atom is 0.126 e. The normalized spacial score (nSPS) is 17.0. The van der Waals surface area contributed by atoms with Crippen LogP contribution in [0.4, 0.5) is 5.82 Å². The molecule has 0 aliphatic carbocycles. The molecule has 1 aromatic rings. The van der Waals surface area contributed by atoms with Crippen LogP contribution in [0.1, 0.15) is 12.1 Å². The van der Waals surface area contributed by atoms with Crippen molar-refractivity contribution in [2.75, 3.05) is 44.7 Å². The van der Waals surface area contributed by atoms with Gasteiger partial charge in [-0.15, -0.1) is 0 Å². The number of aromatic nitrogens is 1. The van der Waals surface area contributed by atoms with Crippen molar-refractivity contribution in [2.45, 2.75) is 13.3 Å². The number of ether oxygens (including phenoxy) is 1. The lowest BCUT2D eigenvalue weighted by molar-refractivity contribution is 0.0378. The lowest BCUT2D eigenvalue weighted by atomic mass is 10.3. The van der Waals surface area contributed by atoms with Gasteiger partial charge in [0.25, 0.3) is 0 Å². The van der Waals surface area contributed by atoms with E-state index in [1.54, 1.807) is 0 Å². The molecular formula is C13H21N3O. The minimum absolute atomic E-state index is 0.882. The van der Waals surface area contributed by atoms with Crippen molar-refractivity contribution in [3.05, 3.63) is 23.9 Å². The first-order chi connectivity index (χ1) is 8.34. The van der Waals surface area contributed by atoms with E-state index >= 15 is 0 Å². The van der Waals surface area contributed by atoms with Crippen molar-refractivity contribution in [2.24, 2.45) is 0 Å². The summed E-state index contributed by atoms with van der Waals surface area (Å²) in [4.78, 5) is 6.87. The predicted molar refractivity (Wildman–Crippen MR) is 69.3 cm³/mol. The average molecular weight is 235 g/mol. The Morgan fingerprint density at radius 3 is 2.94 bits per heavy atom. The van der Waals surface area contributed by atoms with Gasteiger partial charge in [-0.2, -0.15) is 0 Å². The molecule has 0 atom stereocenters. The fourth-order valence-corrected chi connectivity index (χ4v) is 1.99. The van der Waals surface area contributed by atoms with E-state index in [1.807, 2.05) is 25.1 Å². The van der Waals surface area contributed by atoms with Crippen molar-refractivity contribution >= 4 is 5.82 Å². The molecule has 1 aromatic heterocycles. The molecule has 94 valence electrons. The van der Waals surface area contributed by atoms with E-state index in [0.29, 0.717) is 0 Å². The monoisotopic (exact) mass is 235 g/mol. The minimum Gasteiger partial charge on any atom is -0.379 e. The predicted octanol–water partition coefficient (Wildman–Crippen LogP) is 1.52. The first-order valence-electron chi connectivity index (χ1n) is 6.32. The van der Waals surface area contributed by atoms with E-state index in [-0.39, 0.29) is 0 Å². The Kier molecular flexibility index (Phi) is 4.76. The Bertz CT molecular complexity index is 337. The topological polar surface area (TPSA) is 37.4 Å². The van der Waals surface area contributed by atoms with Gasteiger partial charge in [-0.3, -0.25) is 4.90 Å². The van der Waals surface area contributed by atoms with Crippen LogP contribution in [0.25, 0.3) is 0 Å². The smallest absolute Gasteiger partial charge is 0.126 e. The highest BCUT2D eigenvalue weighted by Gasteiger charge is 2.08. The summed E-state index contributed by atoms with van der Waals surface area (Å²) in [7, 11) is 0. The molecule has 1 aliphatic heterocycles. The highest BCUT2D eigenvalue weighted by Crippen LogP contribution is 2.04. The van der Waals surface area contributed by atoms with Crippen LogP contribution in [0.2, 0.25) is 0 Å². The van der Waals surface area contributed by atoms with Gasteiger partial charge < -0.3 is 10.1 Å². The van der Waals surface area contributed by atoms with Gasteiger partial charge in [0, 0.05) is 25.3 Å². The summed E-state index contributed by atoms with van der Waals surface area (Å²) in [6, 6.07) is 6.06. The molecule has 0 amide bonds. The number of morpholine rings is 1. The van der Waals surface area contributed by atoms with Crippen LogP contribution in [-0.2, 0) is 4.74 Å². The molecule has 4 nitrogen and oxygen atoms in total. The zero-order valence-electron chi connectivity index (χ0n) is 10.5. The van der Waals surface area contributed by atoms with Gasteiger partial charge in [0.05, 0.1) is 13.2 Å². The van der Waals surface area contributed by atoms with Crippen molar-refractivity contribution in [3.8, 4) is 0 Å².